The van der Waals surface area contributed by atoms with E-state index < -0.39 is 0 Å². The first-order valence-electron chi connectivity index (χ1n) is 8.62. The first kappa shape index (κ1) is 16.8. The summed E-state index contributed by atoms with van der Waals surface area (Å²) >= 11 is 0. The van der Waals surface area contributed by atoms with Crippen molar-refractivity contribution in [3.63, 3.8) is 0 Å². The minimum Gasteiger partial charge on any atom is -0.324 e. The van der Waals surface area contributed by atoms with E-state index in [9.17, 15) is 9.59 Å². The maximum atomic E-state index is 12.6. The Hall–Kier alpha value is -3.68. The molecule has 8 nitrogen and oxygen atoms in total. The van der Waals surface area contributed by atoms with Gasteiger partial charge in [0.15, 0.2) is 0 Å². The number of aromatic nitrogens is 5. The summed E-state index contributed by atoms with van der Waals surface area (Å²) in [5.74, 6) is -0.271. The Morgan fingerprint density at radius 2 is 1.85 bits per heavy atom. The number of hydrogen-bond acceptors (Lipinski definition) is 4. The van der Waals surface area contributed by atoms with Gasteiger partial charge in [0, 0.05) is 12.2 Å². The number of para-hydroxylation sites is 2. The van der Waals surface area contributed by atoms with Crippen LogP contribution in [0.25, 0.3) is 16.7 Å². The third kappa shape index (κ3) is 3.12. The smallest absolute Gasteiger partial charge is 0.324 e. The van der Waals surface area contributed by atoms with E-state index in [1.807, 2.05) is 43.3 Å². The molecular formula is C19H18N6O2. The first-order valence-corrected chi connectivity index (χ1v) is 8.62. The molecule has 2 aromatic heterocycles. The number of nitrogens with zero attached hydrogens (tertiary/aromatic N) is 5. The van der Waals surface area contributed by atoms with Gasteiger partial charge in [-0.15, -0.1) is 5.10 Å². The minimum atomic E-state index is -0.271. The number of imidazole rings is 1. The summed E-state index contributed by atoms with van der Waals surface area (Å²) in [6.45, 7) is 2.40. The van der Waals surface area contributed by atoms with Crippen molar-refractivity contribution in [2.75, 3.05) is 5.32 Å². The molecule has 0 fully saturated rings. The first-order chi connectivity index (χ1) is 13.2. The Morgan fingerprint density at radius 1 is 1.07 bits per heavy atom. The molecule has 136 valence electrons. The Balaban J connectivity index is 1.59. The fourth-order valence-corrected chi connectivity index (χ4v) is 3.15. The summed E-state index contributed by atoms with van der Waals surface area (Å²) in [6, 6.07) is 14.7. The maximum absolute atomic E-state index is 12.6. The predicted octanol–water partition coefficient (Wildman–Crippen LogP) is 2.04. The van der Waals surface area contributed by atoms with E-state index >= 15 is 0 Å². The largest absolute Gasteiger partial charge is 0.329 e. The number of hydrogen-bond donors (Lipinski definition) is 1. The van der Waals surface area contributed by atoms with Crippen molar-refractivity contribution in [2.45, 2.75) is 20.0 Å². The zero-order chi connectivity index (χ0) is 18.8. The van der Waals surface area contributed by atoms with Crippen molar-refractivity contribution in [3.05, 3.63) is 71.4 Å². The average Bonchev–Trinajstić information content (AvgIpc) is 3.30. The van der Waals surface area contributed by atoms with Crippen molar-refractivity contribution in [1.82, 2.24) is 24.1 Å². The molecule has 0 aliphatic heterocycles. The van der Waals surface area contributed by atoms with Crippen LogP contribution in [0.5, 0.6) is 0 Å². The van der Waals surface area contributed by atoms with Crippen LogP contribution >= 0.6 is 0 Å². The second-order valence-electron chi connectivity index (χ2n) is 6.05. The van der Waals surface area contributed by atoms with Crippen LogP contribution in [0.2, 0.25) is 0 Å². The Morgan fingerprint density at radius 3 is 2.56 bits per heavy atom. The molecule has 0 spiro atoms. The van der Waals surface area contributed by atoms with Crippen molar-refractivity contribution in [3.8, 4) is 5.69 Å². The molecule has 0 bridgehead atoms. The summed E-state index contributed by atoms with van der Waals surface area (Å²) < 4.78 is 4.76. The van der Waals surface area contributed by atoms with Crippen LogP contribution in [0.3, 0.4) is 0 Å². The number of amides is 1. The van der Waals surface area contributed by atoms with E-state index in [2.05, 4.69) is 15.6 Å². The highest BCUT2D eigenvalue weighted by molar-refractivity contribution is 5.91. The van der Waals surface area contributed by atoms with Crippen LogP contribution in [0, 0.1) is 0 Å². The monoisotopic (exact) mass is 362 g/mol. The number of carbonyl (C=O) groups is 1. The molecule has 0 aliphatic carbocycles. The maximum Gasteiger partial charge on any atom is 0.329 e. The molecule has 0 radical (unpaired) electrons. The van der Waals surface area contributed by atoms with Crippen LogP contribution in [-0.2, 0) is 17.9 Å². The normalized spacial score (nSPS) is 11.0. The zero-order valence-corrected chi connectivity index (χ0v) is 14.7. The molecule has 4 rings (SSSR count). The van der Waals surface area contributed by atoms with Gasteiger partial charge in [0.1, 0.15) is 6.54 Å². The zero-order valence-electron chi connectivity index (χ0n) is 14.7. The molecule has 0 saturated heterocycles. The van der Waals surface area contributed by atoms with Gasteiger partial charge >= 0.3 is 5.69 Å². The number of rotatable bonds is 5. The van der Waals surface area contributed by atoms with Gasteiger partial charge in [-0.05, 0) is 37.3 Å². The molecule has 8 heteroatoms. The van der Waals surface area contributed by atoms with Crippen molar-refractivity contribution in [2.24, 2.45) is 0 Å². The van der Waals surface area contributed by atoms with E-state index in [0.717, 1.165) is 16.7 Å². The van der Waals surface area contributed by atoms with E-state index in [1.54, 1.807) is 33.8 Å². The van der Waals surface area contributed by atoms with Crippen LogP contribution in [-0.4, -0.2) is 30.0 Å². The highest BCUT2D eigenvalue weighted by Gasteiger charge is 2.14. The lowest BCUT2D eigenvalue weighted by Gasteiger charge is -2.08. The molecule has 0 unspecified atom stereocenters. The van der Waals surface area contributed by atoms with Crippen LogP contribution in [0.15, 0.2) is 65.7 Å². The minimum absolute atomic E-state index is 0.0557. The summed E-state index contributed by atoms with van der Waals surface area (Å²) in [6.07, 6.45) is 3.31. The molecule has 0 aliphatic rings. The van der Waals surface area contributed by atoms with Gasteiger partial charge in [-0.25, -0.2) is 9.48 Å². The van der Waals surface area contributed by atoms with Gasteiger partial charge in [0.2, 0.25) is 5.91 Å². The molecule has 2 aromatic carbocycles. The number of benzene rings is 2. The third-order valence-corrected chi connectivity index (χ3v) is 4.36. The van der Waals surface area contributed by atoms with Gasteiger partial charge in [-0.3, -0.25) is 13.9 Å². The van der Waals surface area contributed by atoms with Gasteiger partial charge in [-0.1, -0.05) is 23.4 Å². The quantitative estimate of drug-likeness (QED) is 0.589. The van der Waals surface area contributed by atoms with Crippen LogP contribution < -0.4 is 11.0 Å². The van der Waals surface area contributed by atoms with Gasteiger partial charge in [0.25, 0.3) is 0 Å². The van der Waals surface area contributed by atoms with E-state index in [1.165, 1.54) is 4.57 Å². The second kappa shape index (κ2) is 6.91. The van der Waals surface area contributed by atoms with Crippen molar-refractivity contribution >= 4 is 22.6 Å². The van der Waals surface area contributed by atoms with Gasteiger partial charge < -0.3 is 5.32 Å². The Bertz CT molecular complexity index is 1160. The van der Waals surface area contributed by atoms with Crippen LogP contribution in [0.1, 0.15) is 6.92 Å². The summed E-state index contributed by atoms with van der Waals surface area (Å²) in [5.41, 5.74) is 2.79. The highest BCUT2D eigenvalue weighted by atomic mass is 16.2. The Kier molecular flexibility index (Phi) is 4.29. The molecule has 2 heterocycles. The van der Waals surface area contributed by atoms with Crippen molar-refractivity contribution < 1.29 is 4.79 Å². The second-order valence-corrected chi connectivity index (χ2v) is 6.05. The lowest BCUT2D eigenvalue weighted by molar-refractivity contribution is -0.116. The molecule has 27 heavy (non-hydrogen) atoms. The number of anilines is 1. The molecule has 1 N–H and O–H groups in total. The van der Waals surface area contributed by atoms with Crippen molar-refractivity contribution in [1.29, 1.82) is 0 Å². The average molecular weight is 362 g/mol. The topological polar surface area (TPSA) is 86.7 Å². The van der Waals surface area contributed by atoms with Gasteiger partial charge in [-0.2, -0.15) is 0 Å². The lowest BCUT2D eigenvalue weighted by Crippen LogP contribution is -2.29. The molecule has 0 atom stereocenters. The number of aryl methyl sites for hydroxylation is 1. The molecular weight excluding hydrogens is 344 g/mol. The highest BCUT2D eigenvalue weighted by Crippen LogP contribution is 2.15. The van der Waals surface area contributed by atoms with Crippen LogP contribution in [0.4, 0.5) is 5.69 Å². The fraction of sp³-hybridized carbons (Fsp3) is 0.158. The predicted molar refractivity (Wildman–Crippen MR) is 102 cm³/mol. The van der Waals surface area contributed by atoms with E-state index in [4.69, 9.17) is 0 Å². The number of carbonyl (C=O) groups excluding carboxylic acids is 1. The SMILES string of the molecule is CCn1c(=O)n(CC(=O)Nc2cccc(-n3ccnn3)c2)c2ccccc21. The van der Waals surface area contributed by atoms with E-state index in [-0.39, 0.29) is 18.1 Å². The number of fused-ring (bicyclic) bond motifs is 1. The number of nitrogens with one attached hydrogen (secondary N) is 1. The molecule has 0 saturated carbocycles. The molecule has 4 aromatic rings. The summed E-state index contributed by atoms with van der Waals surface area (Å²) in [4.78, 5) is 25.2. The molecule has 1 amide bonds. The Labute approximate surface area is 154 Å². The fourth-order valence-electron chi connectivity index (χ4n) is 3.15. The standard InChI is InChI=1S/C19H18N6O2/c1-2-23-16-8-3-4-9-17(16)24(19(23)27)13-18(26)21-14-6-5-7-15(12-14)25-11-10-20-22-25/h3-12H,2,13H2,1H3,(H,21,26). The summed E-state index contributed by atoms with van der Waals surface area (Å²) in [7, 11) is 0. The van der Waals surface area contributed by atoms with E-state index in [0.29, 0.717) is 12.2 Å². The summed E-state index contributed by atoms with van der Waals surface area (Å²) in [5, 5.41) is 10.6. The third-order valence-electron chi connectivity index (χ3n) is 4.36. The van der Waals surface area contributed by atoms with Gasteiger partial charge in [0.05, 0.1) is 29.1 Å². The lowest BCUT2D eigenvalue weighted by atomic mass is 10.2.